The number of ether oxygens (including phenoxy) is 1. The number of allylic oxidation sites excluding steroid dienone is 1. The first-order valence-electron chi connectivity index (χ1n) is 8.69. The van der Waals surface area contributed by atoms with E-state index in [9.17, 15) is 4.79 Å². The van der Waals surface area contributed by atoms with E-state index in [1.165, 1.54) is 0 Å². The van der Waals surface area contributed by atoms with Crippen LogP contribution in [0.25, 0.3) is 6.08 Å². The Morgan fingerprint density at radius 1 is 1.04 bits per heavy atom. The Labute approximate surface area is 144 Å². The first-order valence-corrected chi connectivity index (χ1v) is 8.69. The van der Waals surface area contributed by atoms with Gasteiger partial charge in [-0.1, -0.05) is 50.2 Å². The first-order chi connectivity index (χ1) is 11.6. The predicted molar refractivity (Wildman–Crippen MR) is 98.5 cm³/mol. The van der Waals surface area contributed by atoms with Gasteiger partial charge in [-0.15, -0.1) is 0 Å². The zero-order valence-electron chi connectivity index (χ0n) is 14.4. The molecule has 0 N–H and O–H groups in total. The summed E-state index contributed by atoms with van der Waals surface area (Å²) >= 11 is 0. The lowest BCUT2D eigenvalue weighted by molar-refractivity contribution is 0.102. The van der Waals surface area contributed by atoms with Crippen molar-refractivity contribution in [3.63, 3.8) is 0 Å². The highest BCUT2D eigenvalue weighted by Gasteiger charge is 2.20. The van der Waals surface area contributed by atoms with Gasteiger partial charge in [0, 0.05) is 11.1 Å². The number of Topliss-reactive ketones (excluding diaryl/α,β-unsaturated/α-hetero) is 1. The zero-order chi connectivity index (χ0) is 16.9. The van der Waals surface area contributed by atoms with Gasteiger partial charge in [0.25, 0.3) is 0 Å². The Bertz CT molecular complexity index is 739. The maximum atomic E-state index is 12.6. The summed E-state index contributed by atoms with van der Waals surface area (Å²) in [4.78, 5) is 12.6. The van der Waals surface area contributed by atoms with Crippen LogP contribution in [-0.4, -0.2) is 12.4 Å². The Morgan fingerprint density at radius 2 is 1.79 bits per heavy atom. The maximum Gasteiger partial charge on any atom is 0.189 e. The summed E-state index contributed by atoms with van der Waals surface area (Å²) in [5.74, 6) is 1.70. The van der Waals surface area contributed by atoms with Crippen LogP contribution in [0.1, 0.15) is 48.2 Å². The predicted octanol–water partition coefficient (Wildman–Crippen LogP) is 5.32. The number of rotatable bonds is 5. The van der Waals surface area contributed by atoms with Crippen LogP contribution >= 0.6 is 0 Å². The molecule has 2 nitrogen and oxygen atoms in total. The van der Waals surface area contributed by atoms with Gasteiger partial charge >= 0.3 is 0 Å². The van der Waals surface area contributed by atoms with Crippen molar-refractivity contribution in [3.05, 3.63) is 70.8 Å². The lowest BCUT2D eigenvalue weighted by atomic mass is 9.86. The third kappa shape index (κ3) is 3.94. The van der Waals surface area contributed by atoms with Gasteiger partial charge in [-0.05, 0) is 54.5 Å². The smallest absolute Gasteiger partial charge is 0.189 e. The molecular formula is C22H24O2. The van der Waals surface area contributed by atoms with Gasteiger partial charge in [-0.2, -0.15) is 0 Å². The van der Waals surface area contributed by atoms with Gasteiger partial charge in [-0.3, -0.25) is 4.79 Å². The van der Waals surface area contributed by atoms with E-state index in [1.807, 2.05) is 54.6 Å². The molecule has 0 aromatic heterocycles. The standard InChI is InChI=1S/C22H24O2/c1-16(2)13-14-24-20-11-7-17(8-12-20)15-19-10-9-18-5-3-4-6-21(18)22(19)23/h3-8,11-12,15-16H,9-10,13-14H2,1-2H3/b19-15+. The lowest BCUT2D eigenvalue weighted by Gasteiger charge is -2.17. The van der Waals surface area contributed by atoms with Crippen molar-refractivity contribution in [3.8, 4) is 5.75 Å². The summed E-state index contributed by atoms with van der Waals surface area (Å²) in [5, 5.41) is 0. The fourth-order valence-corrected chi connectivity index (χ4v) is 2.93. The largest absolute Gasteiger partial charge is 0.494 e. The molecule has 0 fully saturated rings. The van der Waals surface area contributed by atoms with E-state index in [2.05, 4.69) is 13.8 Å². The number of carbonyl (C=O) groups is 1. The second-order valence-electron chi connectivity index (χ2n) is 6.76. The molecule has 3 rings (SSSR count). The van der Waals surface area contributed by atoms with Gasteiger partial charge in [0.2, 0.25) is 0 Å². The highest BCUT2D eigenvalue weighted by atomic mass is 16.5. The van der Waals surface area contributed by atoms with Crippen molar-refractivity contribution < 1.29 is 9.53 Å². The van der Waals surface area contributed by atoms with Gasteiger partial charge in [0.05, 0.1) is 6.61 Å². The molecular weight excluding hydrogens is 296 g/mol. The third-order valence-electron chi connectivity index (χ3n) is 4.40. The molecule has 0 atom stereocenters. The van der Waals surface area contributed by atoms with E-state index in [0.29, 0.717) is 5.92 Å². The molecule has 0 aliphatic heterocycles. The van der Waals surface area contributed by atoms with Crippen molar-refractivity contribution in [2.24, 2.45) is 5.92 Å². The van der Waals surface area contributed by atoms with Crippen LogP contribution in [0.2, 0.25) is 0 Å². The van der Waals surface area contributed by atoms with Crippen LogP contribution in [0.3, 0.4) is 0 Å². The van der Waals surface area contributed by atoms with Crippen LogP contribution in [0.4, 0.5) is 0 Å². The molecule has 0 spiro atoms. The maximum absolute atomic E-state index is 12.6. The van der Waals surface area contributed by atoms with Crippen LogP contribution in [-0.2, 0) is 6.42 Å². The van der Waals surface area contributed by atoms with Crippen molar-refractivity contribution in [1.82, 2.24) is 0 Å². The molecule has 0 saturated heterocycles. The van der Waals surface area contributed by atoms with E-state index in [0.717, 1.165) is 53.9 Å². The van der Waals surface area contributed by atoms with Crippen LogP contribution in [0, 0.1) is 5.92 Å². The minimum Gasteiger partial charge on any atom is -0.494 e. The number of hydrogen-bond donors (Lipinski definition) is 0. The number of benzene rings is 2. The summed E-state index contributed by atoms with van der Waals surface area (Å²) in [5.41, 5.74) is 3.95. The van der Waals surface area contributed by atoms with E-state index in [4.69, 9.17) is 4.74 Å². The number of hydrogen-bond acceptors (Lipinski definition) is 2. The molecule has 0 radical (unpaired) electrons. The van der Waals surface area contributed by atoms with Gasteiger partial charge < -0.3 is 4.74 Å². The zero-order valence-corrected chi connectivity index (χ0v) is 14.4. The Hall–Kier alpha value is -2.35. The van der Waals surface area contributed by atoms with Crippen molar-refractivity contribution in [2.45, 2.75) is 33.1 Å². The van der Waals surface area contributed by atoms with Gasteiger partial charge in [-0.25, -0.2) is 0 Å². The minimum absolute atomic E-state index is 0.161. The topological polar surface area (TPSA) is 26.3 Å². The number of ketones is 1. The summed E-state index contributed by atoms with van der Waals surface area (Å²) in [6, 6.07) is 15.9. The average molecular weight is 320 g/mol. The molecule has 1 aliphatic rings. The number of fused-ring (bicyclic) bond motifs is 1. The van der Waals surface area contributed by atoms with Gasteiger partial charge in [0.15, 0.2) is 5.78 Å². The minimum atomic E-state index is 0.161. The van der Waals surface area contributed by atoms with Crippen molar-refractivity contribution >= 4 is 11.9 Å². The fraction of sp³-hybridized carbons (Fsp3) is 0.318. The second kappa shape index (κ2) is 7.48. The third-order valence-corrected chi connectivity index (χ3v) is 4.40. The molecule has 1 aliphatic carbocycles. The quantitative estimate of drug-likeness (QED) is 0.697. The molecule has 0 saturated carbocycles. The molecule has 2 aromatic rings. The molecule has 2 heteroatoms. The Morgan fingerprint density at radius 3 is 2.54 bits per heavy atom. The van der Waals surface area contributed by atoms with E-state index < -0.39 is 0 Å². The van der Waals surface area contributed by atoms with E-state index >= 15 is 0 Å². The fourth-order valence-electron chi connectivity index (χ4n) is 2.93. The summed E-state index contributed by atoms with van der Waals surface area (Å²) < 4.78 is 5.74. The van der Waals surface area contributed by atoms with Crippen LogP contribution < -0.4 is 4.74 Å². The highest BCUT2D eigenvalue weighted by Crippen LogP contribution is 2.27. The molecule has 24 heavy (non-hydrogen) atoms. The Kier molecular flexibility index (Phi) is 5.14. The molecule has 124 valence electrons. The molecule has 0 bridgehead atoms. The number of aryl methyl sites for hydroxylation is 1. The van der Waals surface area contributed by atoms with Crippen molar-refractivity contribution in [1.29, 1.82) is 0 Å². The van der Waals surface area contributed by atoms with Crippen LogP contribution in [0.15, 0.2) is 54.1 Å². The number of carbonyl (C=O) groups excluding carboxylic acids is 1. The highest BCUT2D eigenvalue weighted by molar-refractivity contribution is 6.13. The summed E-state index contributed by atoms with van der Waals surface area (Å²) in [7, 11) is 0. The first kappa shape index (κ1) is 16.5. The lowest BCUT2D eigenvalue weighted by Crippen LogP contribution is -2.13. The normalized spacial score (nSPS) is 15.6. The van der Waals surface area contributed by atoms with E-state index in [-0.39, 0.29) is 5.78 Å². The Balaban J connectivity index is 1.69. The van der Waals surface area contributed by atoms with Crippen LogP contribution in [0.5, 0.6) is 5.75 Å². The van der Waals surface area contributed by atoms with E-state index in [1.54, 1.807) is 0 Å². The molecule has 0 unspecified atom stereocenters. The van der Waals surface area contributed by atoms with Crippen molar-refractivity contribution in [2.75, 3.05) is 6.61 Å². The SMILES string of the molecule is CC(C)CCOc1ccc(/C=C2\CCc3ccccc3C2=O)cc1. The average Bonchev–Trinajstić information content (AvgIpc) is 2.59. The summed E-state index contributed by atoms with van der Waals surface area (Å²) in [6.07, 6.45) is 4.81. The van der Waals surface area contributed by atoms with Gasteiger partial charge in [0.1, 0.15) is 5.75 Å². The second-order valence-corrected chi connectivity index (χ2v) is 6.76. The molecule has 2 aromatic carbocycles. The monoisotopic (exact) mass is 320 g/mol. The summed E-state index contributed by atoms with van der Waals surface area (Å²) in [6.45, 7) is 5.13. The molecule has 0 heterocycles. The molecule has 0 amide bonds.